The van der Waals surface area contributed by atoms with Crippen LogP contribution in [0.3, 0.4) is 0 Å². The van der Waals surface area contributed by atoms with Crippen molar-refractivity contribution in [3.63, 3.8) is 0 Å². The number of rotatable bonds is 6. The van der Waals surface area contributed by atoms with Crippen molar-refractivity contribution in [2.24, 2.45) is 5.92 Å². The van der Waals surface area contributed by atoms with E-state index < -0.39 is 0 Å². The maximum absolute atomic E-state index is 4.40. The number of aromatic nitrogens is 1. The number of nitrogens with one attached hydrogen (secondary N) is 1. The molecule has 1 saturated carbocycles. The van der Waals surface area contributed by atoms with Gasteiger partial charge in [-0.1, -0.05) is 26.7 Å². The van der Waals surface area contributed by atoms with E-state index in [2.05, 4.69) is 42.0 Å². The molecule has 1 fully saturated rings. The van der Waals surface area contributed by atoms with Crippen LogP contribution in [0, 0.1) is 5.92 Å². The van der Waals surface area contributed by atoms with Crippen LogP contribution >= 0.6 is 0 Å². The predicted molar refractivity (Wildman–Crippen MR) is 82.8 cm³/mol. The summed E-state index contributed by atoms with van der Waals surface area (Å²) in [6.07, 6.45) is 9.34. The van der Waals surface area contributed by atoms with Crippen molar-refractivity contribution in [3.8, 4) is 0 Å². The van der Waals surface area contributed by atoms with Gasteiger partial charge in [0.15, 0.2) is 0 Å². The number of nitrogens with zero attached hydrogens (tertiary/aromatic N) is 2. The average Bonchev–Trinajstić information content (AvgIpc) is 2.90. The van der Waals surface area contributed by atoms with Gasteiger partial charge in [-0.15, -0.1) is 0 Å². The van der Waals surface area contributed by atoms with Gasteiger partial charge in [0.05, 0.1) is 23.8 Å². The Hall–Kier alpha value is -1.25. The highest BCUT2D eigenvalue weighted by atomic mass is 15.2. The number of pyridine rings is 1. The average molecular weight is 261 g/mol. The van der Waals surface area contributed by atoms with Gasteiger partial charge < -0.3 is 10.2 Å². The largest absolute Gasteiger partial charge is 0.384 e. The Morgan fingerprint density at radius 2 is 2.05 bits per heavy atom. The van der Waals surface area contributed by atoms with Crippen molar-refractivity contribution in [2.45, 2.75) is 52.5 Å². The Bertz CT molecular complexity index is 383. The van der Waals surface area contributed by atoms with E-state index in [1.165, 1.54) is 31.4 Å². The van der Waals surface area contributed by atoms with E-state index in [-0.39, 0.29) is 0 Å². The van der Waals surface area contributed by atoms with Crippen LogP contribution < -0.4 is 10.2 Å². The second-order valence-electron chi connectivity index (χ2n) is 5.95. The van der Waals surface area contributed by atoms with Crippen LogP contribution in [0.2, 0.25) is 0 Å². The van der Waals surface area contributed by atoms with Gasteiger partial charge in [-0.05, 0) is 31.7 Å². The van der Waals surface area contributed by atoms with Crippen molar-refractivity contribution >= 4 is 11.4 Å². The number of hydrogen-bond acceptors (Lipinski definition) is 3. The van der Waals surface area contributed by atoms with E-state index >= 15 is 0 Å². The molecule has 1 aliphatic rings. The fourth-order valence-electron chi connectivity index (χ4n) is 2.96. The van der Waals surface area contributed by atoms with Crippen molar-refractivity contribution in [1.29, 1.82) is 0 Å². The summed E-state index contributed by atoms with van der Waals surface area (Å²) < 4.78 is 0. The molecule has 0 radical (unpaired) electrons. The predicted octanol–water partition coefficient (Wildman–Crippen LogP) is 3.92. The highest BCUT2D eigenvalue weighted by Crippen LogP contribution is 2.29. The molecule has 3 heteroatoms. The van der Waals surface area contributed by atoms with E-state index in [9.17, 15) is 0 Å². The molecule has 106 valence electrons. The van der Waals surface area contributed by atoms with Crippen LogP contribution in [0.25, 0.3) is 0 Å². The second kappa shape index (κ2) is 6.78. The van der Waals surface area contributed by atoms with Crippen LogP contribution in [-0.2, 0) is 0 Å². The number of anilines is 2. The Balaban J connectivity index is 2.18. The molecule has 2 rings (SSSR count). The Kier molecular flexibility index (Phi) is 5.06. The van der Waals surface area contributed by atoms with Crippen LogP contribution in [0.1, 0.15) is 46.5 Å². The summed E-state index contributed by atoms with van der Waals surface area (Å²) in [5, 5.41) is 3.36. The molecular weight excluding hydrogens is 234 g/mol. The standard InChI is InChI=1S/C16H27N3/c1-4-18-14-9-16(11-17-10-14)19(12-13(2)3)15-7-5-6-8-15/h9-11,13,15,18H,4-8,12H2,1-3H3. The van der Waals surface area contributed by atoms with Gasteiger partial charge in [-0.3, -0.25) is 4.98 Å². The van der Waals surface area contributed by atoms with E-state index in [0.29, 0.717) is 12.0 Å². The zero-order valence-corrected chi connectivity index (χ0v) is 12.5. The van der Waals surface area contributed by atoms with Crippen molar-refractivity contribution in [3.05, 3.63) is 18.5 Å². The molecule has 0 unspecified atom stereocenters. The van der Waals surface area contributed by atoms with E-state index in [1.54, 1.807) is 0 Å². The Morgan fingerprint density at radius 1 is 1.32 bits per heavy atom. The third kappa shape index (κ3) is 3.85. The molecule has 0 atom stereocenters. The Morgan fingerprint density at radius 3 is 2.68 bits per heavy atom. The minimum Gasteiger partial charge on any atom is -0.384 e. The minimum atomic E-state index is 0.684. The fraction of sp³-hybridized carbons (Fsp3) is 0.688. The maximum Gasteiger partial charge on any atom is 0.0576 e. The van der Waals surface area contributed by atoms with E-state index in [1.807, 2.05) is 12.4 Å². The smallest absolute Gasteiger partial charge is 0.0576 e. The zero-order valence-electron chi connectivity index (χ0n) is 12.5. The second-order valence-corrected chi connectivity index (χ2v) is 5.95. The van der Waals surface area contributed by atoms with Gasteiger partial charge in [-0.2, -0.15) is 0 Å². The molecule has 0 amide bonds. The maximum atomic E-state index is 4.40. The molecule has 0 saturated heterocycles. The van der Waals surface area contributed by atoms with Crippen molar-refractivity contribution < 1.29 is 0 Å². The first-order chi connectivity index (χ1) is 9.20. The third-order valence-electron chi connectivity index (χ3n) is 3.76. The molecule has 0 aliphatic heterocycles. The quantitative estimate of drug-likeness (QED) is 0.841. The summed E-state index contributed by atoms with van der Waals surface area (Å²) in [7, 11) is 0. The topological polar surface area (TPSA) is 28.2 Å². The molecule has 1 aliphatic carbocycles. The van der Waals surface area contributed by atoms with E-state index in [0.717, 1.165) is 18.8 Å². The summed E-state index contributed by atoms with van der Waals surface area (Å²) in [6.45, 7) is 8.78. The monoisotopic (exact) mass is 261 g/mol. The van der Waals surface area contributed by atoms with Gasteiger partial charge >= 0.3 is 0 Å². The normalized spacial score (nSPS) is 16.0. The highest BCUT2D eigenvalue weighted by Gasteiger charge is 2.23. The lowest BCUT2D eigenvalue weighted by Crippen LogP contribution is -2.36. The van der Waals surface area contributed by atoms with Gasteiger partial charge in [0.2, 0.25) is 0 Å². The summed E-state index contributed by atoms with van der Waals surface area (Å²) in [5.74, 6) is 0.684. The first-order valence-electron chi connectivity index (χ1n) is 7.66. The number of hydrogen-bond donors (Lipinski definition) is 1. The molecule has 1 aromatic rings. The lowest BCUT2D eigenvalue weighted by molar-refractivity contribution is 0.535. The summed E-state index contributed by atoms with van der Waals surface area (Å²) in [6, 6.07) is 2.96. The fourth-order valence-corrected chi connectivity index (χ4v) is 2.96. The van der Waals surface area contributed by atoms with Crippen molar-refractivity contribution in [1.82, 2.24) is 4.98 Å². The van der Waals surface area contributed by atoms with Crippen LogP contribution in [0.4, 0.5) is 11.4 Å². The van der Waals surface area contributed by atoms with Crippen LogP contribution in [-0.4, -0.2) is 24.1 Å². The lowest BCUT2D eigenvalue weighted by atomic mass is 10.1. The molecule has 1 heterocycles. The third-order valence-corrected chi connectivity index (χ3v) is 3.76. The van der Waals surface area contributed by atoms with Gasteiger partial charge in [-0.25, -0.2) is 0 Å². The summed E-state index contributed by atoms with van der Waals surface area (Å²) in [5.41, 5.74) is 2.41. The van der Waals surface area contributed by atoms with E-state index in [4.69, 9.17) is 0 Å². The van der Waals surface area contributed by atoms with Crippen molar-refractivity contribution in [2.75, 3.05) is 23.3 Å². The molecule has 0 bridgehead atoms. The zero-order chi connectivity index (χ0) is 13.7. The van der Waals surface area contributed by atoms with Gasteiger partial charge in [0, 0.05) is 19.1 Å². The molecule has 0 spiro atoms. The molecule has 1 N–H and O–H groups in total. The molecule has 0 aromatic carbocycles. The molecule has 3 nitrogen and oxygen atoms in total. The van der Waals surface area contributed by atoms with Gasteiger partial charge in [0.1, 0.15) is 0 Å². The summed E-state index contributed by atoms with van der Waals surface area (Å²) >= 11 is 0. The minimum absolute atomic E-state index is 0.684. The molecule has 1 aromatic heterocycles. The summed E-state index contributed by atoms with van der Waals surface area (Å²) in [4.78, 5) is 6.97. The molecular formula is C16H27N3. The first-order valence-corrected chi connectivity index (χ1v) is 7.66. The SMILES string of the molecule is CCNc1cncc(N(CC(C)C)C2CCCC2)c1. The highest BCUT2D eigenvalue weighted by molar-refractivity contribution is 5.56. The van der Waals surface area contributed by atoms with Crippen LogP contribution in [0.5, 0.6) is 0 Å². The molecule has 19 heavy (non-hydrogen) atoms. The lowest BCUT2D eigenvalue weighted by Gasteiger charge is -2.32. The van der Waals surface area contributed by atoms with Crippen LogP contribution in [0.15, 0.2) is 18.5 Å². The van der Waals surface area contributed by atoms with Gasteiger partial charge in [0.25, 0.3) is 0 Å². The Labute approximate surface area is 117 Å². The first kappa shape index (κ1) is 14.2.